The molecule has 0 aliphatic carbocycles. The number of hydrogen-bond acceptors (Lipinski definition) is 3. The van der Waals surface area contributed by atoms with Gasteiger partial charge in [0.2, 0.25) is 15.9 Å². The van der Waals surface area contributed by atoms with Gasteiger partial charge in [-0.15, -0.1) is 0 Å². The molecule has 2 rings (SSSR count). The molecule has 0 aliphatic heterocycles. The van der Waals surface area contributed by atoms with Crippen molar-refractivity contribution in [1.29, 1.82) is 0 Å². The van der Waals surface area contributed by atoms with E-state index in [1.807, 2.05) is 0 Å². The predicted molar refractivity (Wildman–Crippen MR) is 99.7 cm³/mol. The molecule has 0 unspecified atom stereocenters. The smallest absolute Gasteiger partial charge is 0.235 e. The molecule has 0 radical (unpaired) electrons. The van der Waals surface area contributed by atoms with E-state index >= 15 is 0 Å². The molecular formula is C18H20ClFN2O3S. The molecule has 1 N–H and O–H groups in total. The lowest BCUT2D eigenvalue weighted by atomic mass is 10.1. The van der Waals surface area contributed by atoms with E-state index in [2.05, 4.69) is 5.32 Å². The van der Waals surface area contributed by atoms with Crippen molar-refractivity contribution < 1.29 is 17.6 Å². The topological polar surface area (TPSA) is 66.5 Å². The zero-order valence-corrected chi connectivity index (χ0v) is 16.0. The van der Waals surface area contributed by atoms with Crippen molar-refractivity contribution >= 4 is 27.5 Å². The lowest BCUT2D eigenvalue weighted by Gasteiger charge is -2.22. The molecule has 2 aromatic carbocycles. The van der Waals surface area contributed by atoms with Gasteiger partial charge < -0.3 is 5.32 Å². The van der Waals surface area contributed by atoms with Gasteiger partial charge in [-0.1, -0.05) is 41.9 Å². The van der Waals surface area contributed by atoms with Gasteiger partial charge in [-0.05, 0) is 36.2 Å². The summed E-state index contributed by atoms with van der Waals surface area (Å²) >= 11 is 6.08. The van der Waals surface area contributed by atoms with Gasteiger partial charge in [0.25, 0.3) is 0 Å². The van der Waals surface area contributed by atoms with Crippen LogP contribution in [0, 0.1) is 5.82 Å². The highest BCUT2D eigenvalue weighted by atomic mass is 35.5. The van der Waals surface area contributed by atoms with Crippen molar-refractivity contribution in [3.05, 3.63) is 70.5 Å². The first kappa shape index (κ1) is 20.4. The van der Waals surface area contributed by atoms with E-state index in [0.717, 1.165) is 16.1 Å². The molecule has 0 bridgehead atoms. The lowest BCUT2D eigenvalue weighted by Crippen LogP contribution is -2.40. The largest absolute Gasteiger partial charge is 0.348 e. The molecule has 8 heteroatoms. The Bertz CT molecular complexity index is 872. The summed E-state index contributed by atoms with van der Waals surface area (Å²) in [7, 11) is -3.62. The average Bonchev–Trinajstić information content (AvgIpc) is 2.55. The number of carbonyl (C=O) groups is 1. The van der Waals surface area contributed by atoms with Crippen molar-refractivity contribution in [2.45, 2.75) is 19.5 Å². The second kappa shape index (κ2) is 8.62. The van der Waals surface area contributed by atoms with Gasteiger partial charge in [-0.25, -0.2) is 12.8 Å². The van der Waals surface area contributed by atoms with Crippen molar-refractivity contribution in [2.75, 3.05) is 12.8 Å². The highest BCUT2D eigenvalue weighted by molar-refractivity contribution is 7.88. The third-order valence-electron chi connectivity index (χ3n) is 3.84. The molecule has 0 aromatic heterocycles. The monoisotopic (exact) mass is 398 g/mol. The summed E-state index contributed by atoms with van der Waals surface area (Å²) in [6.45, 7) is 1.40. The number of amides is 1. The Balaban J connectivity index is 2.07. The fourth-order valence-corrected chi connectivity index (χ4v) is 3.31. The van der Waals surface area contributed by atoms with Crippen LogP contribution in [0.5, 0.6) is 0 Å². The molecule has 2 aromatic rings. The predicted octanol–water partition coefficient (Wildman–Crippen LogP) is 3.12. The van der Waals surface area contributed by atoms with Crippen LogP contribution in [-0.4, -0.2) is 31.4 Å². The fraction of sp³-hybridized carbons (Fsp3) is 0.278. The minimum absolute atomic E-state index is 0.00312. The lowest BCUT2D eigenvalue weighted by molar-refractivity contribution is -0.122. The quantitative estimate of drug-likeness (QED) is 0.779. The van der Waals surface area contributed by atoms with Crippen LogP contribution in [0.15, 0.2) is 48.5 Å². The standard InChI is InChI=1S/C18H20ClFN2O3S/c1-13(14-7-9-16(20)10-8-14)21-18(23)12-22(26(2,24)25)11-15-5-3-4-6-17(15)19/h3-10,13H,11-12H2,1-2H3,(H,21,23)/t13-/m0/s1. The molecule has 5 nitrogen and oxygen atoms in total. The SMILES string of the molecule is C[C@H](NC(=O)CN(Cc1ccccc1Cl)S(C)(=O)=O)c1ccc(F)cc1. The Morgan fingerprint density at radius 2 is 1.81 bits per heavy atom. The van der Waals surface area contributed by atoms with Gasteiger partial charge in [-0.3, -0.25) is 4.79 Å². The van der Waals surface area contributed by atoms with Crippen molar-refractivity contribution in [2.24, 2.45) is 0 Å². The van der Waals surface area contributed by atoms with E-state index in [1.54, 1.807) is 43.3 Å². The van der Waals surface area contributed by atoms with Crippen LogP contribution < -0.4 is 5.32 Å². The summed E-state index contributed by atoms with van der Waals surface area (Å²) in [6, 6.07) is 12.2. The van der Waals surface area contributed by atoms with Crippen LogP contribution in [0.25, 0.3) is 0 Å². The third-order valence-corrected chi connectivity index (χ3v) is 5.41. The number of nitrogens with one attached hydrogen (secondary N) is 1. The number of rotatable bonds is 7. The summed E-state index contributed by atoms with van der Waals surface area (Å²) in [4.78, 5) is 12.3. The first-order valence-corrected chi connectivity index (χ1v) is 10.1. The summed E-state index contributed by atoms with van der Waals surface area (Å²) in [5.74, 6) is -0.824. The molecule has 0 saturated heterocycles. The molecule has 1 amide bonds. The Morgan fingerprint density at radius 1 is 1.19 bits per heavy atom. The molecule has 0 heterocycles. The van der Waals surface area contributed by atoms with Gasteiger partial charge in [0.05, 0.1) is 18.8 Å². The molecule has 140 valence electrons. The summed E-state index contributed by atoms with van der Waals surface area (Å²) in [5, 5.41) is 3.15. The van der Waals surface area contributed by atoms with Gasteiger partial charge in [0.1, 0.15) is 5.82 Å². The second-order valence-corrected chi connectivity index (χ2v) is 8.35. The number of carbonyl (C=O) groups excluding carboxylic acids is 1. The maximum absolute atomic E-state index is 13.0. The van der Waals surface area contributed by atoms with Crippen LogP contribution >= 0.6 is 11.6 Å². The number of benzene rings is 2. The molecule has 0 spiro atoms. The van der Waals surface area contributed by atoms with E-state index in [4.69, 9.17) is 11.6 Å². The summed E-state index contributed by atoms with van der Waals surface area (Å²) in [6.07, 6.45) is 1.04. The average molecular weight is 399 g/mol. The maximum Gasteiger partial charge on any atom is 0.235 e. The van der Waals surface area contributed by atoms with Crippen molar-refractivity contribution in [3.8, 4) is 0 Å². The Morgan fingerprint density at radius 3 is 2.38 bits per heavy atom. The van der Waals surface area contributed by atoms with Crippen LogP contribution in [0.2, 0.25) is 5.02 Å². The van der Waals surface area contributed by atoms with Gasteiger partial charge >= 0.3 is 0 Å². The third kappa shape index (κ3) is 5.79. The van der Waals surface area contributed by atoms with Crippen molar-refractivity contribution in [1.82, 2.24) is 9.62 Å². The minimum Gasteiger partial charge on any atom is -0.348 e. The van der Waals surface area contributed by atoms with E-state index in [-0.39, 0.29) is 24.9 Å². The van der Waals surface area contributed by atoms with E-state index in [9.17, 15) is 17.6 Å². The highest BCUT2D eigenvalue weighted by Gasteiger charge is 2.22. The Labute approximate surface area is 157 Å². The van der Waals surface area contributed by atoms with E-state index in [1.165, 1.54) is 12.1 Å². The van der Waals surface area contributed by atoms with Crippen LogP contribution in [0.3, 0.4) is 0 Å². The van der Waals surface area contributed by atoms with Crippen molar-refractivity contribution in [3.63, 3.8) is 0 Å². The van der Waals surface area contributed by atoms with Gasteiger partial charge in [0, 0.05) is 11.6 Å². The van der Waals surface area contributed by atoms with Crippen LogP contribution in [-0.2, 0) is 21.4 Å². The van der Waals surface area contributed by atoms with Gasteiger partial charge in [-0.2, -0.15) is 4.31 Å². The first-order valence-electron chi connectivity index (χ1n) is 7.90. The van der Waals surface area contributed by atoms with Crippen LogP contribution in [0.4, 0.5) is 4.39 Å². The van der Waals surface area contributed by atoms with E-state index in [0.29, 0.717) is 10.6 Å². The second-order valence-electron chi connectivity index (χ2n) is 5.96. The molecule has 0 aliphatic rings. The molecule has 0 fully saturated rings. The Hall–Kier alpha value is -1.96. The molecule has 26 heavy (non-hydrogen) atoms. The van der Waals surface area contributed by atoms with Crippen LogP contribution in [0.1, 0.15) is 24.1 Å². The number of hydrogen-bond donors (Lipinski definition) is 1. The Kier molecular flexibility index (Phi) is 6.75. The minimum atomic E-state index is -3.62. The number of sulfonamides is 1. The zero-order chi connectivity index (χ0) is 19.3. The molecular weight excluding hydrogens is 379 g/mol. The summed E-state index contributed by atoms with van der Waals surface area (Å²) < 4.78 is 38.1. The maximum atomic E-state index is 13.0. The number of halogens is 2. The van der Waals surface area contributed by atoms with E-state index < -0.39 is 15.9 Å². The molecule has 1 atom stereocenters. The number of nitrogens with zero attached hydrogens (tertiary/aromatic N) is 1. The zero-order valence-electron chi connectivity index (χ0n) is 14.4. The summed E-state index contributed by atoms with van der Waals surface area (Å²) in [5.41, 5.74) is 1.33. The molecule has 0 saturated carbocycles. The fourth-order valence-electron chi connectivity index (χ4n) is 2.39. The van der Waals surface area contributed by atoms with Gasteiger partial charge in [0.15, 0.2) is 0 Å². The first-order chi connectivity index (χ1) is 12.2. The highest BCUT2D eigenvalue weighted by Crippen LogP contribution is 2.18. The normalized spacial score (nSPS) is 12.8.